The minimum absolute atomic E-state index is 0.182. The zero-order valence-corrected chi connectivity index (χ0v) is 27.0. The van der Waals surface area contributed by atoms with Gasteiger partial charge in [0.25, 0.3) is 0 Å². The number of aliphatic carboxylic acids is 1. The Hall–Kier alpha value is -1.93. The highest BCUT2D eigenvalue weighted by Gasteiger charge is 2.72. The summed E-state index contributed by atoms with van der Waals surface area (Å²) in [6.07, 6.45) is 6.10. The first-order valence-electron chi connectivity index (χ1n) is 16.1. The molecule has 5 rings (SSSR count). The number of rotatable bonds is 6. The fourth-order valence-corrected chi connectivity index (χ4v) is 11.3. The molecular formula is C34H53NO7. The molecule has 0 aromatic rings. The quantitative estimate of drug-likeness (QED) is 0.314. The van der Waals surface area contributed by atoms with Crippen molar-refractivity contribution in [2.24, 2.45) is 62.4 Å². The highest BCUT2D eigenvalue weighted by atomic mass is 16.6. The largest absolute Gasteiger partial charge is 0.481 e. The van der Waals surface area contributed by atoms with E-state index in [4.69, 9.17) is 19.9 Å². The van der Waals surface area contributed by atoms with Crippen LogP contribution in [0.15, 0.2) is 11.6 Å². The second-order valence-corrected chi connectivity index (χ2v) is 15.8. The number of carbonyl (C=O) groups is 3. The minimum atomic E-state index is -0.673. The molecule has 8 heteroatoms. The summed E-state index contributed by atoms with van der Waals surface area (Å²) in [5.41, 5.74) is 5.17. The molecule has 5 aliphatic rings. The van der Waals surface area contributed by atoms with Crippen LogP contribution in [0.5, 0.6) is 0 Å². The molecular weight excluding hydrogens is 534 g/mol. The summed E-state index contributed by atoms with van der Waals surface area (Å²) in [6, 6.07) is 0. The van der Waals surface area contributed by atoms with E-state index in [9.17, 15) is 19.5 Å². The van der Waals surface area contributed by atoms with E-state index in [1.807, 2.05) is 0 Å². The lowest BCUT2D eigenvalue weighted by atomic mass is 9.34. The third kappa shape index (κ3) is 4.17. The Balaban J connectivity index is 1.61. The topological polar surface area (TPSA) is 125 Å². The van der Waals surface area contributed by atoms with Gasteiger partial charge in [-0.25, -0.2) is 0 Å². The van der Waals surface area contributed by atoms with Gasteiger partial charge in [0.15, 0.2) is 0 Å². The van der Waals surface area contributed by atoms with Crippen LogP contribution < -0.4 is 5.73 Å². The Morgan fingerprint density at radius 2 is 1.74 bits per heavy atom. The molecule has 1 heterocycles. The number of esters is 2. The lowest BCUT2D eigenvalue weighted by Gasteiger charge is -2.71. The molecule has 0 unspecified atom stereocenters. The lowest BCUT2D eigenvalue weighted by Crippen LogP contribution is -2.70. The molecule has 0 aromatic heterocycles. The van der Waals surface area contributed by atoms with E-state index < -0.39 is 46.9 Å². The summed E-state index contributed by atoms with van der Waals surface area (Å²) in [4.78, 5) is 38.1. The van der Waals surface area contributed by atoms with Crippen LogP contribution in [0.1, 0.15) is 93.9 Å². The zero-order chi connectivity index (χ0) is 31.0. The first-order valence-corrected chi connectivity index (χ1v) is 16.1. The van der Waals surface area contributed by atoms with Gasteiger partial charge in [-0.3, -0.25) is 14.4 Å². The second kappa shape index (κ2) is 10.3. The number of carboxylic acid groups (broad SMARTS) is 1. The SMILES string of the molecule is CC(=O)O[C@@H]1C[C@@]23COC[C@](C)([C@@H]2CC[C@H]2C3=CC[C@@]3(C)[C@H](C(=O)O)[C@@](C)([C@H](C)C(C)C)CC[C@]23C)[C@H]1OC(=O)CN. The van der Waals surface area contributed by atoms with Gasteiger partial charge in [-0.1, -0.05) is 60.1 Å². The molecule has 1 aliphatic heterocycles. The Morgan fingerprint density at radius 1 is 1.05 bits per heavy atom. The van der Waals surface area contributed by atoms with Crippen molar-refractivity contribution < 1.29 is 33.7 Å². The average Bonchev–Trinajstić information content (AvgIpc) is 2.90. The first kappa shape index (κ1) is 31.5. The van der Waals surface area contributed by atoms with Gasteiger partial charge in [0.2, 0.25) is 0 Å². The summed E-state index contributed by atoms with van der Waals surface area (Å²) >= 11 is 0. The van der Waals surface area contributed by atoms with Crippen molar-refractivity contribution in [3.63, 3.8) is 0 Å². The summed E-state index contributed by atoms with van der Waals surface area (Å²) < 4.78 is 18.3. The predicted molar refractivity (Wildman–Crippen MR) is 158 cm³/mol. The molecule has 236 valence electrons. The van der Waals surface area contributed by atoms with E-state index in [0.717, 1.165) is 25.7 Å². The molecule has 0 spiro atoms. The number of carboxylic acids is 1. The summed E-state index contributed by atoms with van der Waals surface area (Å²) in [6.45, 7) is 17.7. The van der Waals surface area contributed by atoms with Crippen molar-refractivity contribution in [2.75, 3.05) is 19.8 Å². The fraction of sp³-hybridized carbons (Fsp3) is 0.853. The Morgan fingerprint density at radius 3 is 2.33 bits per heavy atom. The van der Waals surface area contributed by atoms with E-state index in [1.165, 1.54) is 12.5 Å². The Labute approximate surface area is 251 Å². The molecule has 11 atom stereocenters. The van der Waals surface area contributed by atoms with Gasteiger partial charge >= 0.3 is 17.9 Å². The average molecular weight is 588 g/mol. The first-order chi connectivity index (χ1) is 19.5. The van der Waals surface area contributed by atoms with Crippen molar-refractivity contribution in [1.82, 2.24) is 0 Å². The van der Waals surface area contributed by atoms with Crippen LogP contribution in [0.3, 0.4) is 0 Å². The van der Waals surface area contributed by atoms with E-state index in [2.05, 4.69) is 54.5 Å². The Bertz CT molecular complexity index is 1170. The molecule has 4 aliphatic carbocycles. The number of fused-ring (bicyclic) bond motifs is 3. The molecule has 4 fully saturated rings. The third-order valence-corrected chi connectivity index (χ3v) is 13.8. The smallest absolute Gasteiger partial charge is 0.320 e. The van der Waals surface area contributed by atoms with Crippen LogP contribution in [-0.2, 0) is 28.6 Å². The van der Waals surface area contributed by atoms with Crippen LogP contribution in [0, 0.1) is 56.7 Å². The number of carbonyl (C=O) groups excluding carboxylic acids is 2. The van der Waals surface area contributed by atoms with Gasteiger partial charge in [0.05, 0.1) is 25.7 Å². The zero-order valence-electron chi connectivity index (χ0n) is 27.0. The maximum atomic E-state index is 13.3. The standard InChI is InChI=1S/C34H53NO7/c1-19(2)20(3)30(5)13-14-32(7)22-9-10-25-31(6)17-40-18-34(25,23(22)11-12-33(32,8)27(30)29(38)39)15-24(41-21(4)36)28(31)42-26(37)16-35/h11,19-20,22,24-25,27-28H,9-10,12-18,35H2,1-8H3,(H,38,39)/t20-,22+,24-,25+,27-,28+,30-,31-,32-,33+,34+/m1/s1. The molecule has 1 saturated heterocycles. The molecule has 42 heavy (non-hydrogen) atoms. The van der Waals surface area contributed by atoms with E-state index in [-0.39, 0.29) is 40.5 Å². The van der Waals surface area contributed by atoms with Crippen LogP contribution in [0.2, 0.25) is 0 Å². The lowest BCUT2D eigenvalue weighted by molar-refractivity contribution is -0.262. The van der Waals surface area contributed by atoms with E-state index >= 15 is 0 Å². The van der Waals surface area contributed by atoms with Gasteiger partial charge in [0.1, 0.15) is 12.2 Å². The number of nitrogens with two attached hydrogens (primary N) is 1. The maximum absolute atomic E-state index is 13.3. The van der Waals surface area contributed by atoms with Gasteiger partial charge in [-0.2, -0.15) is 0 Å². The highest BCUT2D eigenvalue weighted by Crippen LogP contribution is 2.75. The molecule has 0 aromatic carbocycles. The molecule has 3 saturated carbocycles. The van der Waals surface area contributed by atoms with Gasteiger partial charge in [0, 0.05) is 17.8 Å². The van der Waals surface area contributed by atoms with Crippen LogP contribution in [0.25, 0.3) is 0 Å². The van der Waals surface area contributed by atoms with Crippen LogP contribution in [-0.4, -0.2) is 55.0 Å². The van der Waals surface area contributed by atoms with Gasteiger partial charge < -0.3 is 25.1 Å². The predicted octanol–water partition coefficient (Wildman–Crippen LogP) is 5.38. The number of hydrogen-bond donors (Lipinski definition) is 2. The normalized spacial score (nSPS) is 46.8. The molecule has 0 radical (unpaired) electrons. The van der Waals surface area contributed by atoms with Crippen LogP contribution >= 0.6 is 0 Å². The molecule has 8 nitrogen and oxygen atoms in total. The summed E-state index contributed by atoms with van der Waals surface area (Å²) in [5.74, 6) is -0.968. The van der Waals surface area contributed by atoms with Gasteiger partial charge in [-0.15, -0.1) is 0 Å². The monoisotopic (exact) mass is 587 g/mol. The van der Waals surface area contributed by atoms with Crippen molar-refractivity contribution >= 4 is 17.9 Å². The van der Waals surface area contributed by atoms with E-state index in [0.29, 0.717) is 32.0 Å². The minimum Gasteiger partial charge on any atom is -0.481 e. The molecule has 3 N–H and O–H groups in total. The van der Waals surface area contributed by atoms with Crippen molar-refractivity contribution in [3.05, 3.63) is 11.6 Å². The van der Waals surface area contributed by atoms with E-state index in [1.54, 1.807) is 0 Å². The molecule has 0 amide bonds. The highest BCUT2D eigenvalue weighted by molar-refractivity contribution is 5.73. The number of hydrogen-bond acceptors (Lipinski definition) is 7. The fourth-order valence-electron chi connectivity index (χ4n) is 11.3. The number of allylic oxidation sites excluding steroid dienone is 1. The van der Waals surface area contributed by atoms with Crippen molar-refractivity contribution in [2.45, 2.75) is 106 Å². The summed E-state index contributed by atoms with van der Waals surface area (Å²) in [5, 5.41) is 10.9. The molecule has 2 bridgehead atoms. The maximum Gasteiger partial charge on any atom is 0.320 e. The van der Waals surface area contributed by atoms with Crippen molar-refractivity contribution in [1.29, 1.82) is 0 Å². The van der Waals surface area contributed by atoms with Crippen LogP contribution in [0.4, 0.5) is 0 Å². The van der Waals surface area contributed by atoms with Gasteiger partial charge in [-0.05, 0) is 78.4 Å². The number of ether oxygens (including phenoxy) is 3. The third-order valence-electron chi connectivity index (χ3n) is 13.8. The Kier molecular flexibility index (Phi) is 7.74. The van der Waals surface area contributed by atoms with Crippen molar-refractivity contribution in [3.8, 4) is 0 Å². The second-order valence-electron chi connectivity index (χ2n) is 15.8. The summed E-state index contributed by atoms with van der Waals surface area (Å²) in [7, 11) is 0.